The zero-order valence-electron chi connectivity index (χ0n) is 15.0. The number of carbonyl (C=O) groups is 2. The molecule has 25 heavy (non-hydrogen) atoms. The summed E-state index contributed by atoms with van der Waals surface area (Å²) in [6, 6.07) is 4.91. The molecular weight excluding hydrogens is 322 g/mol. The zero-order valence-corrected chi connectivity index (χ0v) is 15.0. The second-order valence-corrected chi connectivity index (χ2v) is 5.97. The lowest BCUT2D eigenvalue weighted by Crippen LogP contribution is -2.36. The number of hydrazone groups is 1. The largest absolute Gasteiger partial charge is 0.497 e. The summed E-state index contributed by atoms with van der Waals surface area (Å²) in [5.74, 6) is 0.649. The van der Waals surface area contributed by atoms with E-state index in [1.54, 1.807) is 32.2 Å². The molecule has 0 unspecified atom stereocenters. The van der Waals surface area contributed by atoms with Gasteiger partial charge in [0.15, 0.2) is 0 Å². The lowest BCUT2D eigenvalue weighted by Gasteiger charge is -2.26. The molecule has 1 N–H and O–H groups in total. The van der Waals surface area contributed by atoms with Gasteiger partial charge in [0.1, 0.15) is 11.5 Å². The fourth-order valence-corrected chi connectivity index (χ4v) is 2.71. The number of likely N-dealkylation sites (tertiary alicyclic amines) is 1. The van der Waals surface area contributed by atoms with Gasteiger partial charge in [-0.1, -0.05) is 0 Å². The van der Waals surface area contributed by atoms with E-state index in [0.29, 0.717) is 22.8 Å². The van der Waals surface area contributed by atoms with Crippen molar-refractivity contribution >= 4 is 17.5 Å². The molecule has 1 heterocycles. The van der Waals surface area contributed by atoms with Crippen LogP contribution in [-0.2, 0) is 4.79 Å². The first-order valence-corrected chi connectivity index (χ1v) is 8.38. The summed E-state index contributed by atoms with van der Waals surface area (Å²) in [4.78, 5) is 26.3. The van der Waals surface area contributed by atoms with Gasteiger partial charge in [0.05, 0.1) is 26.2 Å². The van der Waals surface area contributed by atoms with E-state index in [4.69, 9.17) is 9.47 Å². The highest BCUT2D eigenvalue weighted by Crippen LogP contribution is 2.24. The third kappa shape index (κ3) is 5.20. The van der Waals surface area contributed by atoms with E-state index in [9.17, 15) is 9.59 Å². The molecule has 0 bridgehead atoms. The maximum absolute atomic E-state index is 12.3. The first-order chi connectivity index (χ1) is 12.0. The Morgan fingerprint density at radius 1 is 1.16 bits per heavy atom. The van der Waals surface area contributed by atoms with Gasteiger partial charge in [0.25, 0.3) is 5.91 Å². The molecule has 136 valence electrons. The lowest BCUT2D eigenvalue weighted by molar-refractivity contribution is -0.130. The van der Waals surface area contributed by atoms with Gasteiger partial charge in [-0.3, -0.25) is 9.59 Å². The van der Waals surface area contributed by atoms with Crippen molar-refractivity contribution in [1.29, 1.82) is 0 Å². The van der Waals surface area contributed by atoms with Crippen LogP contribution in [0, 0.1) is 0 Å². The van der Waals surface area contributed by atoms with Crippen LogP contribution in [0.3, 0.4) is 0 Å². The van der Waals surface area contributed by atoms with Crippen molar-refractivity contribution in [2.75, 3.05) is 27.3 Å². The van der Waals surface area contributed by atoms with Crippen LogP contribution in [-0.4, -0.2) is 49.7 Å². The van der Waals surface area contributed by atoms with Gasteiger partial charge in [-0.2, -0.15) is 5.10 Å². The molecule has 1 aliphatic heterocycles. The molecule has 2 rings (SSSR count). The third-order valence-electron chi connectivity index (χ3n) is 4.12. The Bertz CT molecular complexity index is 652. The molecule has 1 aliphatic rings. The minimum absolute atomic E-state index is 0.0530. The quantitative estimate of drug-likeness (QED) is 0.632. The average Bonchev–Trinajstić information content (AvgIpc) is 2.66. The Balaban J connectivity index is 1.95. The number of amides is 2. The molecule has 7 nitrogen and oxygen atoms in total. The molecule has 0 spiro atoms. The summed E-state index contributed by atoms with van der Waals surface area (Å²) >= 11 is 0. The maximum atomic E-state index is 12.3. The summed E-state index contributed by atoms with van der Waals surface area (Å²) in [7, 11) is 3.03. The van der Waals surface area contributed by atoms with Gasteiger partial charge < -0.3 is 14.4 Å². The molecule has 0 aromatic heterocycles. The Morgan fingerprint density at radius 2 is 1.88 bits per heavy atom. The number of hydrogen-bond donors (Lipinski definition) is 1. The number of piperidine rings is 1. The number of benzene rings is 1. The second kappa shape index (κ2) is 9.05. The van der Waals surface area contributed by atoms with Crippen LogP contribution in [0.4, 0.5) is 0 Å². The monoisotopic (exact) mass is 347 g/mol. The highest BCUT2D eigenvalue weighted by molar-refractivity contribution is 6.01. The molecule has 1 fully saturated rings. The van der Waals surface area contributed by atoms with E-state index in [1.807, 2.05) is 4.90 Å². The van der Waals surface area contributed by atoms with Crippen molar-refractivity contribution in [3.8, 4) is 11.5 Å². The first-order valence-electron chi connectivity index (χ1n) is 8.38. The predicted molar refractivity (Wildman–Crippen MR) is 95.2 cm³/mol. The number of methoxy groups -OCH3 is 2. The minimum Gasteiger partial charge on any atom is -0.497 e. The average molecular weight is 347 g/mol. The van der Waals surface area contributed by atoms with Crippen molar-refractivity contribution in [3.05, 3.63) is 23.8 Å². The van der Waals surface area contributed by atoms with Gasteiger partial charge in [0, 0.05) is 24.9 Å². The molecule has 7 heteroatoms. The number of ether oxygens (including phenoxy) is 2. The Kier molecular flexibility index (Phi) is 6.80. The standard InChI is InChI=1S/C18H25N3O4/c1-13(11-17(22)21-9-5-4-6-10-21)19-20-18(23)15-8-7-14(24-2)12-16(15)25-3/h7-8,12H,4-6,9-11H2,1-3H3,(H,20,23)/b19-13-. The van der Waals surface area contributed by atoms with Crippen LogP contribution in [0.25, 0.3) is 0 Å². The summed E-state index contributed by atoms with van der Waals surface area (Å²) < 4.78 is 10.3. The molecule has 1 saturated heterocycles. The molecule has 0 radical (unpaired) electrons. The zero-order chi connectivity index (χ0) is 18.2. The van der Waals surface area contributed by atoms with Crippen LogP contribution in [0.5, 0.6) is 11.5 Å². The molecule has 2 amide bonds. The molecular formula is C18H25N3O4. The minimum atomic E-state index is -0.399. The first kappa shape index (κ1) is 18.8. The van der Waals surface area contributed by atoms with E-state index in [1.165, 1.54) is 13.5 Å². The van der Waals surface area contributed by atoms with Crippen molar-refractivity contribution in [3.63, 3.8) is 0 Å². The molecule has 0 aliphatic carbocycles. The van der Waals surface area contributed by atoms with Crippen molar-refractivity contribution in [2.45, 2.75) is 32.6 Å². The van der Waals surface area contributed by atoms with E-state index in [0.717, 1.165) is 25.9 Å². The highest BCUT2D eigenvalue weighted by Gasteiger charge is 2.17. The number of carbonyl (C=O) groups excluding carboxylic acids is 2. The van der Waals surface area contributed by atoms with Crippen LogP contribution in [0.2, 0.25) is 0 Å². The number of nitrogens with zero attached hydrogens (tertiary/aromatic N) is 2. The van der Waals surface area contributed by atoms with Crippen LogP contribution >= 0.6 is 0 Å². The van der Waals surface area contributed by atoms with E-state index in [2.05, 4.69) is 10.5 Å². The Labute approximate surface area is 148 Å². The van der Waals surface area contributed by atoms with Gasteiger partial charge in [-0.25, -0.2) is 5.43 Å². The van der Waals surface area contributed by atoms with Crippen LogP contribution in [0.15, 0.2) is 23.3 Å². The Hall–Kier alpha value is -2.57. The summed E-state index contributed by atoms with van der Waals surface area (Å²) in [5.41, 5.74) is 3.39. The second-order valence-electron chi connectivity index (χ2n) is 5.97. The smallest absolute Gasteiger partial charge is 0.275 e. The van der Waals surface area contributed by atoms with Gasteiger partial charge in [-0.15, -0.1) is 0 Å². The highest BCUT2D eigenvalue weighted by atomic mass is 16.5. The number of nitrogens with one attached hydrogen (secondary N) is 1. The number of rotatable bonds is 6. The summed E-state index contributed by atoms with van der Waals surface area (Å²) in [5, 5.41) is 4.04. The van der Waals surface area contributed by atoms with Crippen molar-refractivity contribution < 1.29 is 19.1 Å². The van der Waals surface area contributed by atoms with Gasteiger partial charge in [-0.05, 0) is 38.3 Å². The van der Waals surface area contributed by atoms with Crippen LogP contribution < -0.4 is 14.9 Å². The molecule has 1 aromatic rings. The molecule has 0 saturated carbocycles. The molecule has 0 atom stereocenters. The SMILES string of the molecule is COc1ccc(C(=O)N/N=C(/C)CC(=O)N2CCCCC2)c(OC)c1. The lowest BCUT2D eigenvalue weighted by atomic mass is 10.1. The van der Waals surface area contributed by atoms with E-state index in [-0.39, 0.29) is 12.3 Å². The summed E-state index contributed by atoms with van der Waals surface area (Å²) in [6.45, 7) is 3.34. The molecule has 1 aromatic carbocycles. The summed E-state index contributed by atoms with van der Waals surface area (Å²) in [6.07, 6.45) is 3.49. The third-order valence-corrected chi connectivity index (χ3v) is 4.12. The predicted octanol–water partition coefficient (Wildman–Crippen LogP) is 2.21. The van der Waals surface area contributed by atoms with Crippen LogP contribution in [0.1, 0.15) is 43.0 Å². The van der Waals surface area contributed by atoms with Gasteiger partial charge in [0.2, 0.25) is 5.91 Å². The Morgan fingerprint density at radius 3 is 2.52 bits per heavy atom. The topological polar surface area (TPSA) is 80.2 Å². The van der Waals surface area contributed by atoms with Crippen molar-refractivity contribution in [1.82, 2.24) is 10.3 Å². The fourth-order valence-electron chi connectivity index (χ4n) is 2.71. The fraction of sp³-hybridized carbons (Fsp3) is 0.500. The van der Waals surface area contributed by atoms with Crippen molar-refractivity contribution in [2.24, 2.45) is 5.10 Å². The van der Waals surface area contributed by atoms with E-state index < -0.39 is 5.91 Å². The maximum Gasteiger partial charge on any atom is 0.275 e. The normalized spacial score (nSPS) is 14.8. The number of hydrogen-bond acceptors (Lipinski definition) is 5. The van der Waals surface area contributed by atoms with Gasteiger partial charge >= 0.3 is 0 Å². The van der Waals surface area contributed by atoms with E-state index >= 15 is 0 Å².